The molecule has 1 aromatic heterocycles. The summed E-state index contributed by atoms with van der Waals surface area (Å²) in [7, 11) is -2.16. The van der Waals surface area contributed by atoms with Crippen LogP contribution in [0.1, 0.15) is 19.4 Å². The highest BCUT2D eigenvalue weighted by Crippen LogP contribution is 2.31. The lowest BCUT2D eigenvalue weighted by Gasteiger charge is -2.09. The number of hydrogen-bond acceptors (Lipinski definition) is 5. The van der Waals surface area contributed by atoms with Crippen LogP contribution in [-0.4, -0.2) is 32.6 Å². The van der Waals surface area contributed by atoms with E-state index in [2.05, 4.69) is 21.2 Å². The number of methoxy groups -OCH3 is 1. The molecule has 0 radical (unpaired) electrons. The van der Waals surface area contributed by atoms with E-state index in [9.17, 15) is 8.42 Å². The van der Waals surface area contributed by atoms with Crippen LogP contribution in [0.5, 0.6) is 5.75 Å². The lowest BCUT2D eigenvalue weighted by molar-refractivity contribution is 0.415. The van der Waals surface area contributed by atoms with Crippen LogP contribution >= 0.6 is 15.9 Å². The fourth-order valence-electron chi connectivity index (χ4n) is 2.80. The van der Waals surface area contributed by atoms with E-state index in [1.165, 1.54) is 3.97 Å². The number of benzene rings is 2. The first-order chi connectivity index (χ1) is 13.5. The molecule has 152 valence electrons. The minimum atomic E-state index is -3.75. The fraction of sp³-hybridized carbons (Fsp3) is 0.300. The van der Waals surface area contributed by atoms with Crippen LogP contribution in [0.25, 0.3) is 10.9 Å². The van der Waals surface area contributed by atoms with Gasteiger partial charge >= 0.3 is 0 Å². The number of nitrogens with zero attached hydrogens (tertiary/aromatic N) is 1. The van der Waals surface area contributed by atoms with E-state index >= 15 is 0 Å². The Balaban J connectivity index is 0.00000136. The Labute approximate surface area is 174 Å². The Kier molecular flexibility index (Phi) is 8.06. The highest BCUT2D eigenvalue weighted by molar-refractivity contribution is 9.10. The van der Waals surface area contributed by atoms with Crippen molar-refractivity contribution in [1.29, 1.82) is 0 Å². The fourth-order valence-corrected chi connectivity index (χ4v) is 5.16. The Morgan fingerprint density at radius 3 is 2.54 bits per heavy atom. The molecule has 1 heterocycles. The predicted octanol–water partition coefficient (Wildman–Crippen LogP) is 3.72. The number of nitrogens with two attached hydrogens (primary N) is 1. The maximum atomic E-state index is 13.2. The highest BCUT2D eigenvalue weighted by Gasteiger charge is 2.23. The van der Waals surface area contributed by atoms with Gasteiger partial charge in [0.15, 0.2) is 0 Å². The summed E-state index contributed by atoms with van der Waals surface area (Å²) in [5.74, 6) is 0.675. The summed E-state index contributed by atoms with van der Waals surface area (Å²) >= 11 is 3.34. The van der Waals surface area contributed by atoms with Gasteiger partial charge in [-0.2, -0.15) is 0 Å². The van der Waals surface area contributed by atoms with Gasteiger partial charge in [0, 0.05) is 35.7 Å². The number of ether oxygens (including phenoxy) is 1. The molecule has 3 N–H and O–H groups in total. The van der Waals surface area contributed by atoms with Crippen LogP contribution in [0, 0.1) is 0 Å². The van der Waals surface area contributed by atoms with Crippen molar-refractivity contribution >= 4 is 36.9 Å². The molecule has 0 atom stereocenters. The summed E-state index contributed by atoms with van der Waals surface area (Å²) in [5.41, 5.74) is 7.00. The summed E-state index contributed by atoms with van der Waals surface area (Å²) in [6.07, 6.45) is 1.66. The predicted molar refractivity (Wildman–Crippen MR) is 117 cm³/mol. The molecule has 0 fully saturated rings. The third-order valence-corrected chi connectivity index (χ3v) is 6.76. The van der Waals surface area contributed by atoms with Gasteiger partial charge in [0.1, 0.15) is 10.6 Å². The van der Waals surface area contributed by atoms with Crippen molar-refractivity contribution in [1.82, 2.24) is 9.29 Å². The lowest BCUT2D eigenvalue weighted by atomic mass is 10.1. The van der Waals surface area contributed by atoms with Gasteiger partial charge in [-0.25, -0.2) is 12.4 Å². The molecule has 0 amide bonds. The van der Waals surface area contributed by atoms with Crippen LogP contribution in [0.3, 0.4) is 0 Å². The second-order valence-corrected chi connectivity index (χ2v) is 8.37. The normalized spacial score (nSPS) is 11.2. The molecule has 0 aliphatic carbocycles. The van der Waals surface area contributed by atoms with Gasteiger partial charge in [0.2, 0.25) is 0 Å². The van der Waals surface area contributed by atoms with Crippen molar-refractivity contribution in [2.45, 2.75) is 25.3 Å². The van der Waals surface area contributed by atoms with Crippen molar-refractivity contribution in [3.8, 4) is 5.75 Å². The maximum absolute atomic E-state index is 13.2. The number of fused-ring (bicyclic) bond motifs is 1. The van der Waals surface area contributed by atoms with Crippen LogP contribution in [0.2, 0.25) is 0 Å². The number of halogens is 1. The van der Waals surface area contributed by atoms with E-state index in [0.717, 1.165) is 10.9 Å². The van der Waals surface area contributed by atoms with E-state index in [-0.39, 0.29) is 4.90 Å². The Morgan fingerprint density at radius 1 is 1.18 bits per heavy atom. The Hall–Kier alpha value is -1.87. The molecule has 28 heavy (non-hydrogen) atoms. The summed E-state index contributed by atoms with van der Waals surface area (Å²) in [6.45, 7) is 5.67. The van der Waals surface area contributed by atoms with Crippen LogP contribution in [0.15, 0.2) is 58.0 Å². The van der Waals surface area contributed by atoms with Gasteiger partial charge in [-0.1, -0.05) is 26.0 Å². The van der Waals surface area contributed by atoms with Crippen LogP contribution in [-0.2, 0) is 16.6 Å². The average Bonchev–Trinajstić information content (AvgIpc) is 3.08. The SMILES string of the molecule is CC.COc1ccc2c(c1)c(CNCCN)cn2S(=O)(=O)c1ccccc1Br. The highest BCUT2D eigenvalue weighted by atomic mass is 79.9. The molecule has 0 aliphatic heterocycles. The van der Waals surface area contributed by atoms with Crippen LogP contribution < -0.4 is 15.8 Å². The molecule has 0 unspecified atom stereocenters. The van der Waals surface area contributed by atoms with Crippen molar-refractivity contribution in [2.75, 3.05) is 20.2 Å². The van der Waals surface area contributed by atoms with Gasteiger partial charge in [-0.3, -0.25) is 0 Å². The first kappa shape index (κ1) is 22.4. The largest absolute Gasteiger partial charge is 0.497 e. The van der Waals surface area contributed by atoms with Crippen molar-refractivity contribution < 1.29 is 13.2 Å². The Bertz CT molecular complexity index is 1030. The molecule has 0 spiro atoms. The Morgan fingerprint density at radius 2 is 1.89 bits per heavy atom. The molecule has 0 saturated carbocycles. The lowest BCUT2D eigenvalue weighted by Crippen LogP contribution is -2.21. The second kappa shape index (κ2) is 10.1. The molecule has 0 saturated heterocycles. The minimum absolute atomic E-state index is 0.217. The van der Waals surface area contributed by atoms with Gasteiger partial charge in [-0.05, 0) is 51.8 Å². The maximum Gasteiger partial charge on any atom is 0.269 e. The zero-order valence-corrected chi connectivity index (χ0v) is 18.7. The number of nitrogens with one attached hydrogen (secondary N) is 1. The molecule has 3 aromatic rings. The summed E-state index contributed by atoms with van der Waals surface area (Å²) in [4.78, 5) is 0.217. The van der Waals surface area contributed by atoms with Gasteiger partial charge in [0.25, 0.3) is 10.0 Å². The van der Waals surface area contributed by atoms with Gasteiger partial charge < -0.3 is 15.8 Å². The molecule has 2 aromatic carbocycles. The molecule has 3 rings (SSSR count). The number of hydrogen-bond donors (Lipinski definition) is 2. The van der Waals surface area contributed by atoms with Crippen molar-refractivity contribution in [2.24, 2.45) is 5.73 Å². The topological polar surface area (TPSA) is 86.3 Å². The average molecular weight is 468 g/mol. The van der Waals surface area contributed by atoms with E-state index < -0.39 is 10.0 Å². The minimum Gasteiger partial charge on any atom is -0.497 e. The molecule has 6 nitrogen and oxygen atoms in total. The van der Waals surface area contributed by atoms with E-state index in [0.29, 0.717) is 35.4 Å². The zero-order chi connectivity index (χ0) is 20.7. The van der Waals surface area contributed by atoms with Crippen LogP contribution in [0.4, 0.5) is 0 Å². The number of rotatable bonds is 7. The first-order valence-corrected chi connectivity index (χ1v) is 11.3. The smallest absolute Gasteiger partial charge is 0.269 e. The molecule has 0 aliphatic rings. The molecule has 0 bridgehead atoms. The first-order valence-electron chi connectivity index (χ1n) is 9.08. The van der Waals surface area contributed by atoms with Crippen molar-refractivity contribution in [3.63, 3.8) is 0 Å². The summed E-state index contributed by atoms with van der Waals surface area (Å²) in [6, 6.07) is 12.1. The van der Waals surface area contributed by atoms with Gasteiger partial charge in [0.05, 0.1) is 12.6 Å². The standard InChI is InChI=1S/C18H20BrN3O3S.C2H6/c1-25-14-6-7-17-15(10-14)13(11-21-9-8-20)12-22(17)26(23,24)18-5-3-2-4-16(18)19;1-2/h2-7,10,12,21H,8-9,11,20H2,1H3;1-2H3. The van der Waals surface area contributed by atoms with E-state index in [1.54, 1.807) is 49.7 Å². The quantitative estimate of drug-likeness (QED) is 0.517. The summed E-state index contributed by atoms with van der Waals surface area (Å²) < 4.78 is 33.6. The molecular weight excluding hydrogens is 442 g/mol. The zero-order valence-electron chi connectivity index (χ0n) is 16.3. The van der Waals surface area contributed by atoms with E-state index in [1.807, 2.05) is 19.9 Å². The van der Waals surface area contributed by atoms with E-state index in [4.69, 9.17) is 10.5 Å². The molecule has 8 heteroatoms. The summed E-state index contributed by atoms with van der Waals surface area (Å²) in [5, 5.41) is 4.04. The third-order valence-electron chi connectivity index (χ3n) is 4.07. The third kappa shape index (κ3) is 4.57. The molecular formula is C20H26BrN3O3S. The number of aromatic nitrogens is 1. The van der Waals surface area contributed by atoms with Gasteiger partial charge in [-0.15, -0.1) is 0 Å². The van der Waals surface area contributed by atoms with Crippen molar-refractivity contribution in [3.05, 3.63) is 58.7 Å². The second-order valence-electron chi connectivity index (χ2n) is 5.73. The monoisotopic (exact) mass is 467 g/mol.